The smallest absolute Gasteiger partial charge is 0.136 e. The van der Waals surface area contributed by atoms with E-state index in [1.807, 2.05) is 7.05 Å². The maximum Gasteiger partial charge on any atom is 0.136 e. The number of hydrogen-bond acceptors (Lipinski definition) is 4. The van der Waals surface area contributed by atoms with Gasteiger partial charge >= 0.3 is 0 Å². The summed E-state index contributed by atoms with van der Waals surface area (Å²) in [5.74, 6) is -1.20. The highest BCUT2D eigenvalue weighted by Gasteiger charge is 2.15. The van der Waals surface area contributed by atoms with Gasteiger partial charge in [0.05, 0.1) is 12.3 Å². The molecule has 0 radical (unpaired) electrons. The lowest BCUT2D eigenvalue weighted by molar-refractivity contribution is 0.181. The van der Waals surface area contributed by atoms with Crippen molar-refractivity contribution in [2.45, 2.75) is 13.2 Å². The van der Waals surface area contributed by atoms with Gasteiger partial charge in [-0.15, -0.1) is 11.3 Å². The number of ether oxygens (including phenoxy) is 1. The fraction of sp³-hybridized carbons (Fsp3) is 0.308. The summed E-state index contributed by atoms with van der Waals surface area (Å²) in [7, 11) is 3.41. The van der Waals surface area contributed by atoms with Crippen LogP contribution in [-0.4, -0.2) is 19.1 Å². The van der Waals surface area contributed by atoms with E-state index in [0.717, 1.165) is 16.6 Å². The fourth-order valence-corrected chi connectivity index (χ4v) is 2.81. The minimum absolute atomic E-state index is 0.311. The minimum Gasteiger partial charge on any atom is -0.378 e. The van der Waals surface area contributed by atoms with E-state index in [1.54, 1.807) is 7.11 Å². The van der Waals surface area contributed by atoms with E-state index >= 15 is 0 Å². The van der Waals surface area contributed by atoms with E-state index in [4.69, 9.17) is 4.74 Å². The topological polar surface area (TPSA) is 34.2 Å². The third-order valence-corrected chi connectivity index (χ3v) is 3.69. The van der Waals surface area contributed by atoms with Crippen LogP contribution in [0, 0.1) is 11.6 Å². The van der Waals surface area contributed by atoms with Gasteiger partial charge in [0.25, 0.3) is 0 Å². The van der Waals surface area contributed by atoms with Crippen LogP contribution in [0.25, 0.3) is 10.6 Å². The number of halogens is 2. The Labute approximate surface area is 114 Å². The van der Waals surface area contributed by atoms with Gasteiger partial charge < -0.3 is 10.1 Å². The number of thiazole rings is 1. The summed E-state index contributed by atoms with van der Waals surface area (Å²) in [4.78, 5) is 5.36. The number of aromatic nitrogens is 1. The van der Waals surface area contributed by atoms with Crippen molar-refractivity contribution in [3.05, 3.63) is 40.4 Å². The molecule has 0 saturated heterocycles. The number of nitrogens with one attached hydrogen (secondary N) is 1. The van der Waals surface area contributed by atoms with Gasteiger partial charge in [0, 0.05) is 30.2 Å². The summed E-state index contributed by atoms with van der Waals surface area (Å²) in [6.07, 6.45) is 0. The van der Waals surface area contributed by atoms with Crippen LogP contribution in [0.3, 0.4) is 0 Å². The molecule has 0 bridgehead atoms. The van der Waals surface area contributed by atoms with Crippen LogP contribution in [0.15, 0.2) is 18.2 Å². The Kier molecular flexibility index (Phi) is 4.57. The molecule has 2 rings (SSSR count). The van der Waals surface area contributed by atoms with E-state index < -0.39 is 11.6 Å². The summed E-state index contributed by atoms with van der Waals surface area (Å²) < 4.78 is 31.7. The Morgan fingerprint density at radius 1 is 1.37 bits per heavy atom. The summed E-state index contributed by atoms with van der Waals surface area (Å²) in [6.45, 7) is 1.01. The largest absolute Gasteiger partial charge is 0.378 e. The van der Waals surface area contributed by atoms with Crippen molar-refractivity contribution < 1.29 is 13.5 Å². The zero-order valence-electron chi connectivity index (χ0n) is 10.7. The van der Waals surface area contributed by atoms with Crippen molar-refractivity contribution in [2.75, 3.05) is 14.2 Å². The Morgan fingerprint density at radius 3 is 2.79 bits per heavy atom. The molecule has 0 spiro atoms. The molecule has 1 N–H and O–H groups in total. The lowest BCUT2D eigenvalue weighted by atomic mass is 10.2. The molecule has 3 nitrogen and oxygen atoms in total. The molecule has 0 aliphatic rings. The van der Waals surface area contributed by atoms with E-state index in [1.165, 1.54) is 23.5 Å². The van der Waals surface area contributed by atoms with Gasteiger partial charge in [-0.05, 0) is 19.2 Å². The molecule has 0 amide bonds. The van der Waals surface area contributed by atoms with Crippen LogP contribution in [0.5, 0.6) is 0 Å². The number of methoxy groups -OCH3 is 1. The van der Waals surface area contributed by atoms with Crippen molar-refractivity contribution in [3.63, 3.8) is 0 Å². The number of hydrogen-bond donors (Lipinski definition) is 1. The molecule has 0 saturated carbocycles. The summed E-state index contributed by atoms with van der Waals surface area (Å²) >= 11 is 1.38. The SMILES string of the molecule is CNCc1sc(-c2ccc(F)cc2F)nc1COC. The highest BCUT2D eigenvalue weighted by Crippen LogP contribution is 2.30. The molecule has 0 unspecified atom stereocenters. The molecular weight excluding hydrogens is 270 g/mol. The molecule has 1 aromatic heterocycles. The second-order valence-electron chi connectivity index (χ2n) is 3.98. The first kappa shape index (κ1) is 14.0. The zero-order valence-corrected chi connectivity index (χ0v) is 11.5. The average Bonchev–Trinajstić information content (AvgIpc) is 2.73. The van der Waals surface area contributed by atoms with Crippen LogP contribution < -0.4 is 5.32 Å². The van der Waals surface area contributed by atoms with E-state index in [-0.39, 0.29) is 0 Å². The first-order valence-corrected chi connectivity index (χ1v) is 6.55. The van der Waals surface area contributed by atoms with E-state index in [0.29, 0.717) is 23.7 Å². The Balaban J connectivity index is 2.41. The Bertz CT molecular complexity index is 548. The van der Waals surface area contributed by atoms with E-state index in [9.17, 15) is 8.78 Å². The minimum atomic E-state index is -0.603. The highest BCUT2D eigenvalue weighted by molar-refractivity contribution is 7.15. The second kappa shape index (κ2) is 6.18. The fourth-order valence-electron chi connectivity index (χ4n) is 1.71. The van der Waals surface area contributed by atoms with Crippen molar-refractivity contribution in [2.24, 2.45) is 0 Å². The molecule has 0 aliphatic heterocycles. The first-order valence-electron chi connectivity index (χ1n) is 5.73. The number of rotatable bonds is 5. The monoisotopic (exact) mass is 284 g/mol. The van der Waals surface area contributed by atoms with Crippen LogP contribution in [-0.2, 0) is 17.9 Å². The molecule has 1 aromatic carbocycles. The molecule has 102 valence electrons. The van der Waals surface area contributed by atoms with Gasteiger partial charge in [-0.25, -0.2) is 13.8 Å². The molecule has 1 heterocycles. The molecule has 0 fully saturated rings. The maximum absolute atomic E-state index is 13.7. The first-order chi connectivity index (χ1) is 9.15. The predicted octanol–water partition coefficient (Wildman–Crippen LogP) is 2.95. The summed E-state index contributed by atoms with van der Waals surface area (Å²) in [5.41, 5.74) is 1.09. The average molecular weight is 284 g/mol. The summed E-state index contributed by atoms with van der Waals surface area (Å²) in [6, 6.07) is 3.50. The lowest BCUT2D eigenvalue weighted by Crippen LogP contribution is -2.06. The van der Waals surface area contributed by atoms with Gasteiger partial charge in [-0.3, -0.25) is 0 Å². The van der Waals surface area contributed by atoms with Crippen molar-refractivity contribution in [1.82, 2.24) is 10.3 Å². The normalized spacial score (nSPS) is 10.9. The van der Waals surface area contributed by atoms with Crippen molar-refractivity contribution in [3.8, 4) is 10.6 Å². The van der Waals surface area contributed by atoms with E-state index in [2.05, 4.69) is 10.3 Å². The van der Waals surface area contributed by atoms with Gasteiger partial charge in [0.15, 0.2) is 0 Å². The molecular formula is C13H14F2N2OS. The van der Waals surface area contributed by atoms with Crippen LogP contribution in [0.1, 0.15) is 10.6 Å². The number of benzene rings is 1. The predicted molar refractivity (Wildman–Crippen MR) is 70.9 cm³/mol. The van der Waals surface area contributed by atoms with Crippen LogP contribution in [0.2, 0.25) is 0 Å². The lowest BCUT2D eigenvalue weighted by Gasteiger charge is -1.98. The van der Waals surface area contributed by atoms with Gasteiger partial charge in [0.1, 0.15) is 16.6 Å². The standard InChI is InChI=1S/C13H14F2N2OS/c1-16-6-12-11(7-18-2)17-13(19-12)9-4-3-8(14)5-10(9)15/h3-5,16H,6-7H2,1-2H3. The van der Waals surface area contributed by atoms with Gasteiger partial charge in [0.2, 0.25) is 0 Å². The second-order valence-corrected chi connectivity index (χ2v) is 5.06. The van der Waals surface area contributed by atoms with Crippen molar-refractivity contribution >= 4 is 11.3 Å². The Morgan fingerprint density at radius 2 is 2.16 bits per heavy atom. The summed E-state index contributed by atoms with van der Waals surface area (Å²) in [5, 5.41) is 3.57. The third-order valence-electron chi connectivity index (χ3n) is 2.56. The maximum atomic E-state index is 13.7. The molecule has 2 aromatic rings. The van der Waals surface area contributed by atoms with Crippen LogP contribution in [0.4, 0.5) is 8.78 Å². The van der Waals surface area contributed by atoms with Crippen LogP contribution >= 0.6 is 11.3 Å². The highest BCUT2D eigenvalue weighted by atomic mass is 32.1. The third kappa shape index (κ3) is 3.15. The quantitative estimate of drug-likeness (QED) is 0.916. The molecule has 0 atom stereocenters. The van der Waals surface area contributed by atoms with Gasteiger partial charge in [-0.2, -0.15) is 0 Å². The Hall–Kier alpha value is -1.37. The van der Waals surface area contributed by atoms with Gasteiger partial charge in [-0.1, -0.05) is 0 Å². The molecule has 0 aliphatic carbocycles. The molecule has 6 heteroatoms. The molecule has 19 heavy (non-hydrogen) atoms. The van der Waals surface area contributed by atoms with Crippen molar-refractivity contribution in [1.29, 1.82) is 0 Å². The zero-order chi connectivity index (χ0) is 13.8. The number of nitrogens with zero attached hydrogens (tertiary/aromatic N) is 1.